The number of fused-ring (bicyclic) bond motifs is 1. The van der Waals surface area contributed by atoms with Crippen molar-refractivity contribution in [1.29, 1.82) is 0 Å². The van der Waals surface area contributed by atoms with Crippen LogP contribution < -0.4 is 10.0 Å². The van der Waals surface area contributed by atoms with E-state index in [2.05, 4.69) is 15.0 Å². The Morgan fingerprint density at radius 1 is 1.25 bits per heavy atom. The molecular weight excluding hydrogens is 294 g/mol. The van der Waals surface area contributed by atoms with Crippen LogP contribution in [0.25, 0.3) is 0 Å². The summed E-state index contributed by atoms with van der Waals surface area (Å²) >= 11 is 1.50. The molecule has 0 atom stereocenters. The van der Waals surface area contributed by atoms with Crippen molar-refractivity contribution in [3.05, 3.63) is 10.6 Å². The number of hydrogen-bond acceptors (Lipinski definition) is 5. The molecule has 1 aromatic heterocycles. The van der Waals surface area contributed by atoms with E-state index in [-0.39, 0.29) is 5.75 Å². The molecule has 0 aromatic carbocycles. The maximum absolute atomic E-state index is 12.0. The molecule has 7 heteroatoms. The summed E-state index contributed by atoms with van der Waals surface area (Å²) in [5.41, 5.74) is 1.09. The summed E-state index contributed by atoms with van der Waals surface area (Å²) in [6.45, 7) is 3.84. The normalized spacial score (nSPS) is 15.1. The van der Waals surface area contributed by atoms with Crippen molar-refractivity contribution in [3.63, 3.8) is 0 Å². The molecule has 2 rings (SSSR count). The Labute approximate surface area is 125 Å². The summed E-state index contributed by atoms with van der Waals surface area (Å²) in [5, 5.41) is 3.74. The molecule has 0 unspecified atom stereocenters. The van der Waals surface area contributed by atoms with Crippen molar-refractivity contribution in [2.45, 2.75) is 45.4 Å². The zero-order valence-corrected chi connectivity index (χ0v) is 13.6. The summed E-state index contributed by atoms with van der Waals surface area (Å²) in [5.74, 6) is 0.169. The number of nitrogens with zero attached hydrogens (tertiary/aromatic N) is 1. The van der Waals surface area contributed by atoms with Gasteiger partial charge < -0.3 is 5.32 Å². The third-order valence-corrected chi connectivity index (χ3v) is 5.89. The lowest BCUT2D eigenvalue weighted by molar-refractivity contribution is 0.593. The largest absolute Gasteiger partial charge is 0.317 e. The summed E-state index contributed by atoms with van der Waals surface area (Å²) in [6.07, 6.45) is 5.92. The van der Waals surface area contributed by atoms with Crippen molar-refractivity contribution in [2.24, 2.45) is 0 Å². The van der Waals surface area contributed by atoms with Gasteiger partial charge in [-0.3, -0.25) is 4.72 Å². The number of nitrogens with one attached hydrogen (secondary N) is 2. The smallest absolute Gasteiger partial charge is 0.234 e. The zero-order valence-electron chi connectivity index (χ0n) is 11.9. The molecule has 20 heavy (non-hydrogen) atoms. The highest BCUT2D eigenvalue weighted by Crippen LogP contribution is 2.30. The molecular formula is C13H23N3O2S2. The van der Waals surface area contributed by atoms with E-state index >= 15 is 0 Å². The molecule has 0 saturated heterocycles. The Balaban J connectivity index is 1.83. The van der Waals surface area contributed by atoms with Crippen LogP contribution in [0.5, 0.6) is 0 Å². The molecule has 114 valence electrons. The number of rotatable bonds is 8. The molecule has 1 aliphatic carbocycles. The van der Waals surface area contributed by atoms with Crippen LogP contribution in [0.4, 0.5) is 5.13 Å². The minimum Gasteiger partial charge on any atom is -0.317 e. The van der Waals surface area contributed by atoms with Crippen LogP contribution in [0.2, 0.25) is 0 Å². The van der Waals surface area contributed by atoms with Crippen molar-refractivity contribution in [2.75, 3.05) is 23.6 Å². The number of anilines is 1. The molecule has 0 spiro atoms. The van der Waals surface area contributed by atoms with E-state index in [1.54, 1.807) is 0 Å². The van der Waals surface area contributed by atoms with Gasteiger partial charge in [-0.05, 0) is 51.6 Å². The molecule has 1 heterocycles. The maximum Gasteiger partial charge on any atom is 0.234 e. The monoisotopic (exact) mass is 317 g/mol. The van der Waals surface area contributed by atoms with Gasteiger partial charge in [0.25, 0.3) is 0 Å². The lowest BCUT2D eigenvalue weighted by Gasteiger charge is -2.06. The summed E-state index contributed by atoms with van der Waals surface area (Å²) in [4.78, 5) is 5.66. The Morgan fingerprint density at radius 3 is 2.80 bits per heavy atom. The molecule has 2 N–H and O–H groups in total. The Kier molecular flexibility index (Phi) is 5.80. The molecule has 0 saturated carbocycles. The second-order valence-corrected chi connectivity index (χ2v) is 8.00. The van der Waals surface area contributed by atoms with Crippen LogP contribution in [0.15, 0.2) is 0 Å². The van der Waals surface area contributed by atoms with Gasteiger partial charge in [0.1, 0.15) is 0 Å². The fraction of sp³-hybridized carbons (Fsp3) is 0.769. The topological polar surface area (TPSA) is 71.1 Å². The van der Waals surface area contributed by atoms with Gasteiger partial charge in [0, 0.05) is 4.88 Å². The molecule has 0 amide bonds. The average Bonchev–Trinajstić information content (AvgIpc) is 2.79. The van der Waals surface area contributed by atoms with Crippen LogP contribution in [-0.2, 0) is 22.9 Å². The highest BCUT2D eigenvalue weighted by atomic mass is 32.2. The molecule has 1 aliphatic rings. The van der Waals surface area contributed by atoms with Gasteiger partial charge in [-0.15, -0.1) is 11.3 Å². The van der Waals surface area contributed by atoms with Crippen molar-refractivity contribution < 1.29 is 8.42 Å². The van der Waals surface area contributed by atoms with E-state index in [4.69, 9.17) is 0 Å². The molecule has 1 aromatic rings. The van der Waals surface area contributed by atoms with Crippen molar-refractivity contribution in [3.8, 4) is 0 Å². The SMILES string of the molecule is CCNCCCCS(=O)(=O)Nc1nc2c(s1)CCCC2. The quantitative estimate of drug-likeness (QED) is 0.721. The minimum atomic E-state index is -3.25. The molecule has 0 fully saturated rings. The van der Waals surface area contributed by atoms with E-state index in [0.29, 0.717) is 11.6 Å². The lowest BCUT2D eigenvalue weighted by Crippen LogP contribution is -2.19. The predicted molar refractivity (Wildman–Crippen MR) is 83.9 cm³/mol. The van der Waals surface area contributed by atoms with Crippen molar-refractivity contribution in [1.82, 2.24) is 10.3 Å². The number of aryl methyl sites for hydroxylation is 2. The van der Waals surface area contributed by atoms with E-state index in [1.807, 2.05) is 6.92 Å². The standard InChI is InChI=1S/C13H23N3O2S2/c1-2-14-9-5-6-10-20(17,18)16-13-15-11-7-3-4-8-12(11)19-13/h14H,2-10H2,1H3,(H,15,16). The summed E-state index contributed by atoms with van der Waals surface area (Å²) < 4.78 is 26.6. The van der Waals surface area contributed by atoms with E-state index in [9.17, 15) is 8.42 Å². The number of aromatic nitrogens is 1. The Morgan fingerprint density at radius 2 is 2.05 bits per heavy atom. The second-order valence-electron chi connectivity index (χ2n) is 5.08. The maximum atomic E-state index is 12.0. The van der Waals surface area contributed by atoms with Gasteiger partial charge >= 0.3 is 0 Å². The molecule has 5 nitrogen and oxygen atoms in total. The van der Waals surface area contributed by atoms with Crippen LogP contribution >= 0.6 is 11.3 Å². The van der Waals surface area contributed by atoms with Gasteiger partial charge in [-0.2, -0.15) is 0 Å². The Bertz CT molecular complexity index is 502. The fourth-order valence-corrected chi connectivity index (χ4v) is 4.75. The molecule has 0 aliphatic heterocycles. The third-order valence-electron chi connectivity index (χ3n) is 3.36. The van der Waals surface area contributed by atoms with Gasteiger partial charge in [-0.25, -0.2) is 13.4 Å². The third kappa shape index (κ3) is 4.71. The van der Waals surface area contributed by atoms with Gasteiger partial charge in [0.15, 0.2) is 5.13 Å². The van der Waals surface area contributed by atoms with Crippen LogP contribution in [0.3, 0.4) is 0 Å². The van der Waals surface area contributed by atoms with Crippen LogP contribution in [0.1, 0.15) is 43.2 Å². The fourth-order valence-electron chi connectivity index (χ4n) is 2.30. The lowest BCUT2D eigenvalue weighted by atomic mass is 10.0. The second kappa shape index (κ2) is 7.38. The first kappa shape index (κ1) is 15.7. The molecule has 0 radical (unpaired) electrons. The summed E-state index contributed by atoms with van der Waals surface area (Å²) in [6, 6.07) is 0. The average molecular weight is 317 g/mol. The predicted octanol–water partition coefficient (Wildman–Crippen LogP) is 2.15. The highest BCUT2D eigenvalue weighted by Gasteiger charge is 2.18. The first-order valence-electron chi connectivity index (χ1n) is 7.30. The van der Waals surface area contributed by atoms with Gasteiger partial charge in [0.2, 0.25) is 10.0 Å². The zero-order chi connectivity index (χ0) is 14.4. The van der Waals surface area contributed by atoms with E-state index < -0.39 is 10.0 Å². The highest BCUT2D eigenvalue weighted by molar-refractivity contribution is 7.92. The van der Waals surface area contributed by atoms with Crippen LogP contribution in [-0.4, -0.2) is 32.2 Å². The van der Waals surface area contributed by atoms with Gasteiger partial charge in [-0.1, -0.05) is 6.92 Å². The Hall–Kier alpha value is -0.660. The van der Waals surface area contributed by atoms with E-state index in [0.717, 1.165) is 44.5 Å². The number of sulfonamides is 1. The van der Waals surface area contributed by atoms with Gasteiger partial charge in [0.05, 0.1) is 11.4 Å². The van der Waals surface area contributed by atoms with E-state index in [1.165, 1.54) is 22.6 Å². The summed E-state index contributed by atoms with van der Waals surface area (Å²) in [7, 11) is -3.25. The molecule has 0 bridgehead atoms. The number of hydrogen-bond donors (Lipinski definition) is 2. The first-order valence-corrected chi connectivity index (χ1v) is 9.77. The van der Waals surface area contributed by atoms with Crippen molar-refractivity contribution >= 4 is 26.5 Å². The number of thiazole rings is 1. The first-order chi connectivity index (χ1) is 9.61. The minimum absolute atomic E-state index is 0.169. The van der Waals surface area contributed by atoms with Crippen LogP contribution in [0, 0.1) is 0 Å². The number of unbranched alkanes of at least 4 members (excludes halogenated alkanes) is 1.